The van der Waals surface area contributed by atoms with Gasteiger partial charge in [-0.15, -0.1) is 0 Å². The van der Waals surface area contributed by atoms with Crippen LogP contribution in [0.2, 0.25) is 5.02 Å². The normalized spacial score (nSPS) is 14.0. The Morgan fingerprint density at radius 1 is 1.24 bits per heavy atom. The largest absolute Gasteiger partial charge is 0.493 e. The molecular weight excluding hydrogens is 436 g/mol. The predicted molar refractivity (Wildman–Crippen MR) is 135 cm³/mol. The van der Waals surface area contributed by atoms with E-state index >= 15 is 0 Å². The molecule has 0 fully saturated rings. The van der Waals surface area contributed by atoms with Gasteiger partial charge in [0.2, 0.25) is 0 Å². The minimum Gasteiger partial charge on any atom is -0.493 e. The molecule has 6 nitrogen and oxygen atoms in total. The highest BCUT2D eigenvalue weighted by Crippen LogP contribution is 2.23. The standard InChI is InChI=1S/C26H31ClN4O2/c1-4-6-25(30-26(32)20-10-8-19(9-11-20)23-7-5-14-28-23)31-29-16-21-15-22(27)12-13-24(21)33-17-18(2)3/h4,6,8-13,15,18,29H,5,7,14,16-17H2,1-3H3,(H,30,31,32)/b6-4+. The van der Waals surface area contributed by atoms with Crippen molar-refractivity contribution < 1.29 is 9.53 Å². The molecule has 0 radical (unpaired) electrons. The van der Waals surface area contributed by atoms with Crippen molar-refractivity contribution in [2.45, 2.75) is 40.2 Å². The zero-order valence-corrected chi connectivity index (χ0v) is 20.2. The lowest BCUT2D eigenvalue weighted by Gasteiger charge is -2.14. The third-order valence-corrected chi connectivity index (χ3v) is 5.22. The number of hydrazone groups is 1. The molecule has 1 aliphatic heterocycles. The van der Waals surface area contributed by atoms with Gasteiger partial charge in [0.25, 0.3) is 5.91 Å². The monoisotopic (exact) mass is 466 g/mol. The quantitative estimate of drug-likeness (QED) is 0.296. The molecular formula is C26H31ClN4O2. The van der Waals surface area contributed by atoms with Crippen LogP contribution in [0, 0.1) is 5.92 Å². The van der Waals surface area contributed by atoms with E-state index in [0.717, 1.165) is 42.0 Å². The highest BCUT2D eigenvalue weighted by Gasteiger charge is 2.12. The fourth-order valence-electron chi connectivity index (χ4n) is 3.34. The van der Waals surface area contributed by atoms with Gasteiger partial charge in [0.1, 0.15) is 5.75 Å². The van der Waals surface area contributed by atoms with Gasteiger partial charge in [-0.2, -0.15) is 5.10 Å². The first kappa shape index (κ1) is 24.5. The number of allylic oxidation sites excluding steroid dienone is 1. The first-order chi connectivity index (χ1) is 16.0. The van der Waals surface area contributed by atoms with E-state index in [4.69, 9.17) is 16.3 Å². The van der Waals surface area contributed by atoms with Crippen LogP contribution in [0.1, 0.15) is 55.1 Å². The first-order valence-electron chi connectivity index (χ1n) is 11.3. The van der Waals surface area contributed by atoms with E-state index in [0.29, 0.717) is 35.5 Å². The van der Waals surface area contributed by atoms with Crippen LogP contribution in [-0.4, -0.2) is 30.6 Å². The summed E-state index contributed by atoms with van der Waals surface area (Å²) in [5, 5.41) is 7.83. The molecule has 0 aromatic heterocycles. The van der Waals surface area contributed by atoms with Crippen LogP contribution in [0.3, 0.4) is 0 Å². The van der Waals surface area contributed by atoms with Crippen LogP contribution < -0.4 is 15.5 Å². The molecule has 0 spiro atoms. The van der Waals surface area contributed by atoms with Gasteiger partial charge < -0.3 is 15.5 Å². The van der Waals surface area contributed by atoms with Gasteiger partial charge >= 0.3 is 0 Å². The number of ether oxygens (including phenoxy) is 1. The van der Waals surface area contributed by atoms with Crippen molar-refractivity contribution >= 4 is 29.1 Å². The summed E-state index contributed by atoms with van der Waals surface area (Å²) in [6, 6.07) is 13.0. The predicted octanol–water partition coefficient (Wildman–Crippen LogP) is 5.37. The zero-order chi connectivity index (χ0) is 23.6. The SMILES string of the molecule is C/C=C/C(=N\NCc1cc(Cl)ccc1OCC(C)C)NC(=O)c1ccc(C2=NCCC2)cc1. The third-order valence-electron chi connectivity index (χ3n) is 4.98. The maximum Gasteiger partial charge on any atom is 0.256 e. The van der Waals surface area contributed by atoms with Gasteiger partial charge in [-0.1, -0.05) is 43.7 Å². The Kier molecular flexibility index (Phi) is 9.07. The summed E-state index contributed by atoms with van der Waals surface area (Å²) in [5.74, 6) is 1.37. The Morgan fingerprint density at radius 3 is 2.70 bits per heavy atom. The topological polar surface area (TPSA) is 75.1 Å². The molecule has 2 N–H and O–H groups in total. The van der Waals surface area contributed by atoms with E-state index in [1.807, 2.05) is 49.4 Å². The molecule has 174 valence electrons. The minimum absolute atomic E-state index is 0.225. The second-order valence-corrected chi connectivity index (χ2v) is 8.69. The molecule has 3 rings (SSSR count). The van der Waals surface area contributed by atoms with E-state index in [9.17, 15) is 4.79 Å². The Labute approximate surface area is 200 Å². The number of nitrogens with zero attached hydrogens (tertiary/aromatic N) is 2. The lowest BCUT2D eigenvalue weighted by Crippen LogP contribution is -2.31. The molecule has 7 heteroatoms. The van der Waals surface area contributed by atoms with Crippen molar-refractivity contribution in [2.24, 2.45) is 16.0 Å². The molecule has 0 aliphatic carbocycles. The third kappa shape index (κ3) is 7.46. The fraction of sp³-hybridized carbons (Fsp3) is 0.346. The number of halogens is 1. The Hall–Kier alpha value is -3.12. The summed E-state index contributed by atoms with van der Waals surface area (Å²) in [6.07, 6.45) is 5.64. The molecule has 0 unspecified atom stereocenters. The maximum atomic E-state index is 12.7. The van der Waals surface area contributed by atoms with Crippen molar-refractivity contribution in [1.82, 2.24) is 10.7 Å². The molecule has 0 bridgehead atoms. The highest BCUT2D eigenvalue weighted by atomic mass is 35.5. The van der Waals surface area contributed by atoms with Crippen molar-refractivity contribution in [3.63, 3.8) is 0 Å². The molecule has 0 saturated carbocycles. The smallest absolute Gasteiger partial charge is 0.256 e. The lowest BCUT2D eigenvalue weighted by molar-refractivity contribution is 0.0977. The Bertz CT molecular complexity index is 1040. The fourth-order valence-corrected chi connectivity index (χ4v) is 3.53. The van der Waals surface area contributed by atoms with Crippen LogP contribution in [0.25, 0.3) is 0 Å². The molecule has 0 atom stereocenters. The van der Waals surface area contributed by atoms with Gasteiger partial charge in [-0.05, 0) is 67.7 Å². The Balaban J connectivity index is 1.64. The number of hydrogen-bond acceptors (Lipinski definition) is 5. The summed E-state index contributed by atoms with van der Waals surface area (Å²) in [5.41, 5.74) is 6.65. The van der Waals surface area contributed by atoms with Gasteiger partial charge in [0, 0.05) is 28.4 Å². The molecule has 0 saturated heterocycles. The maximum absolute atomic E-state index is 12.7. The second-order valence-electron chi connectivity index (χ2n) is 8.25. The minimum atomic E-state index is -0.225. The van der Waals surface area contributed by atoms with Crippen LogP contribution >= 0.6 is 11.6 Å². The first-order valence-corrected chi connectivity index (χ1v) is 11.6. The Morgan fingerprint density at radius 2 is 2.03 bits per heavy atom. The summed E-state index contributed by atoms with van der Waals surface area (Å²) in [4.78, 5) is 17.2. The van der Waals surface area contributed by atoms with Gasteiger partial charge in [0.15, 0.2) is 5.84 Å². The van der Waals surface area contributed by atoms with E-state index < -0.39 is 0 Å². The van der Waals surface area contributed by atoms with Crippen molar-refractivity contribution in [1.29, 1.82) is 0 Å². The molecule has 1 heterocycles. The van der Waals surface area contributed by atoms with Crippen molar-refractivity contribution in [3.05, 3.63) is 76.3 Å². The van der Waals surface area contributed by atoms with Gasteiger partial charge in [-0.3, -0.25) is 9.79 Å². The van der Waals surface area contributed by atoms with E-state index in [-0.39, 0.29) is 5.91 Å². The summed E-state index contributed by atoms with van der Waals surface area (Å²) in [7, 11) is 0. The molecule has 33 heavy (non-hydrogen) atoms. The summed E-state index contributed by atoms with van der Waals surface area (Å²) >= 11 is 6.17. The summed E-state index contributed by atoms with van der Waals surface area (Å²) < 4.78 is 5.89. The number of hydrogen-bond donors (Lipinski definition) is 2. The van der Waals surface area contributed by atoms with Crippen molar-refractivity contribution in [3.8, 4) is 5.75 Å². The number of carbonyl (C=O) groups is 1. The number of carbonyl (C=O) groups excluding carboxylic acids is 1. The van der Waals surface area contributed by atoms with E-state index in [2.05, 4.69) is 34.7 Å². The average Bonchev–Trinajstić information content (AvgIpc) is 3.33. The van der Waals surface area contributed by atoms with Crippen molar-refractivity contribution in [2.75, 3.05) is 13.2 Å². The van der Waals surface area contributed by atoms with Crippen LogP contribution in [0.4, 0.5) is 0 Å². The van der Waals surface area contributed by atoms with Gasteiger partial charge in [0.05, 0.1) is 13.2 Å². The van der Waals surface area contributed by atoms with Crippen LogP contribution in [0.5, 0.6) is 5.75 Å². The number of benzene rings is 2. The highest BCUT2D eigenvalue weighted by molar-refractivity contribution is 6.30. The number of amides is 1. The van der Waals surface area contributed by atoms with Crippen LogP contribution in [0.15, 0.2) is 64.7 Å². The average molecular weight is 467 g/mol. The summed E-state index contributed by atoms with van der Waals surface area (Å²) in [6.45, 7) is 7.97. The zero-order valence-electron chi connectivity index (χ0n) is 19.4. The number of amidine groups is 1. The number of rotatable bonds is 9. The molecule has 1 aliphatic rings. The van der Waals surface area contributed by atoms with Gasteiger partial charge in [-0.25, -0.2) is 0 Å². The van der Waals surface area contributed by atoms with Crippen LogP contribution in [-0.2, 0) is 6.54 Å². The molecule has 2 aromatic rings. The number of nitrogens with one attached hydrogen (secondary N) is 2. The van der Waals surface area contributed by atoms with E-state index in [1.165, 1.54) is 0 Å². The molecule has 1 amide bonds. The lowest BCUT2D eigenvalue weighted by atomic mass is 10.1. The second kappa shape index (κ2) is 12.2. The van der Waals surface area contributed by atoms with E-state index in [1.54, 1.807) is 12.1 Å². The number of aliphatic imine (C=N–C) groups is 1. The molecule has 2 aromatic carbocycles.